The summed E-state index contributed by atoms with van der Waals surface area (Å²) in [4.78, 5) is 20.5. The van der Waals surface area contributed by atoms with Crippen molar-refractivity contribution >= 4 is 11.7 Å². The third-order valence-corrected chi connectivity index (χ3v) is 3.35. The van der Waals surface area contributed by atoms with Gasteiger partial charge in [-0.3, -0.25) is 4.79 Å². The molecule has 0 spiro atoms. The van der Waals surface area contributed by atoms with Gasteiger partial charge >= 0.3 is 0 Å². The third kappa shape index (κ3) is 3.00. The highest BCUT2D eigenvalue weighted by Crippen LogP contribution is 2.14. The predicted octanol–water partition coefficient (Wildman–Crippen LogP) is 2.16. The minimum atomic E-state index is 0.120. The van der Waals surface area contributed by atoms with Crippen molar-refractivity contribution in [3.8, 4) is 0 Å². The average molecular weight is 247 g/mol. The molecule has 1 fully saturated rings. The number of likely N-dealkylation sites (tertiary alicyclic amines) is 1. The Bertz CT molecular complexity index is 392. The van der Waals surface area contributed by atoms with Crippen LogP contribution < -0.4 is 4.90 Å². The fraction of sp³-hybridized carbons (Fsp3) is 0.571. The lowest BCUT2D eigenvalue weighted by Gasteiger charge is -2.20. The molecule has 2 rings (SSSR count). The van der Waals surface area contributed by atoms with E-state index in [-0.39, 0.29) is 5.91 Å². The number of carbonyl (C=O) groups excluding carboxylic acids is 1. The lowest BCUT2D eigenvalue weighted by molar-refractivity contribution is 0.0761. The number of hydrogen-bond acceptors (Lipinski definition) is 3. The van der Waals surface area contributed by atoms with Crippen molar-refractivity contribution in [3.63, 3.8) is 0 Å². The minimum absolute atomic E-state index is 0.120. The molecule has 4 nitrogen and oxygen atoms in total. The molecule has 0 bridgehead atoms. The summed E-state index contributed by atoms with van der Waals surface area (Å²) in [6.45, 7) is 1.77. The highest BCUT2D eigenvalue weighted by atomic mass is 16.2. The number of amides is 1. The largest absolute Gasteiger partial charge is 0.363 e. The fourth-order valence-electron chi connectivity index (χ4n) is 2.23. The quantitative estimate of drug-likeness (QED) is 0.803. The smallest absolute Gasteiger partial charge is 0.255 e. The fourth-order valence-corrected chi connectivity index (χ4v) is 2.23. The van der Waals surface area contributed by atoms with Crippen LogP contribution in [0.5, 0.6) is 0 Å². The molecule has 0 atom stereocenters. The zero-order valence-corrected chi connectivity index (χ0v) is 11.2. The molecule has 18 heavy (non-hydrogen) atoms. The Balaban J connectivity index is 2.07. The van der Waals surface area contributed by atoms with Gasteiger partial charge in [0.05, 0.1) is 5.56 Å². The molecular weight excluding hydrogens is 226 g/mol. The van der Waals surface area contributed by atoms with Crippen molar-refractivity contribution in [1.29, 1.82) is 0 Å². The van der Waals surface area contributed by atoms with E-state index < -0.39 is 0 Å². The van der Waals surface area contributed by atoms with Crippen LogP contribution in [0.2, 0.25) is 0 Å². The van der Waals surface area contributed by atoms with Gasteiger partial charge in [-0.2, -0.15) is 0 Å². The van der Waals surface area contributed by atoms with Crippen LogP contribution in [0.25, 0.3) is 0 Å². The lowest BCUT2D eigenvalue weighted by atomic mass is 10.2. The Kier molecular flexibility index (Phi) is 4.18. The van der Waals surface area contributed by atoms with E-state index in [1.807, 2.05) is 36.0 Å². The van der Waals surface area contributed by atoms with Crippen LogP contribution in [-0.2, 0) is 0 Å². The van der Waals surface area contributed by atoms with Crippen molar-refractivity contribution in [2.75, 3.05) is 32.1 Å². The molecule has 0 aromatic carbocycles. The Labute approximate surface area is 109 Å². The third-order valence-electron chi connectivity index (χ3n) is 3.35. The molecular formula is C14H21N3O. The second-order valence-corrected chi connectivity index (χ2v) is 5.01. The van der Waals surface area contributed by atoms with Gasteiger partial charge in [0.2, 0.25) is 0 Å². The van der Waals surface area contributed by atoms with Gasteiger partial charge in [-0.05, 0) is 25.0 Å². The number of carbonyl (C=O) groups is 1. The first-order chi connectivity index (χ1) is 8.68. The summed E-state index contributed by atoms with van der Waals surface area (Å²) in [5.74, 6) is 0.997. The summed E-state index contributed by atoms with van der Waals surface area (Å²) in [6.07, 6.45) is 6.40. The first-order valence-electron chi connectivity index (χ1n) is 6.61. The zero-order valence-electron chi connectivity index (χ0n) is 11.2. The van der Waals surface area contributed by atoms with Gasteiger partial charge in [0, 0.05) is 33.4 Å². The van der Waals surface area contributed by atoms with Crippen molar-refractivity contribution in [3.05, 3.63) is 23.9 Å². The van der Waals surface area contributed by atoms with E-state index in [1.54, 1.807) is 6.20 Å². The van der Waals surface area contributed by atoms with Gasteiger partial charge in [0.25, 0.3) is 5.91 Å². The highest BCUT2D eigenvalue weighted by molar-refractivity contribution is 5.94. The maximum atomic E-state index is 12.3. The SMILES string of the molecule is CN(C)c1ccc(C(=O)N2CCCCCC2)cn1. The maximum absolute atomic E-state index is 12.3. The standard InChI is InChI=1S/C14H21N3O/c1-16(2)13-8-7-12(11-15-13)14(18)17-9-5-3-4-6-10-17/h7-8,11H,3-6,9-10H2,1-2H3. The van der Waals surface area contributed by atoms with Crippen LogP contribution in [0.1, 0.15) is 36.0 Å². The molecule has 1 aromatic rings. The molecule has 0 N–H and O–H groups in total. The van der Waals surface area contributed by atoms with Gasteiger partial charge in [0.15, 0.2) is 0 Å². The van der Waals surface area contributed by atoms with E-state index in [2.05, 4.69) is 4.98 Å². The monoisotopic (exact) mass is 247 g/mol. The maximum Gasteiger partial charge on any atom is 0.255 e. The number of anilines is 1. The average Bonchev–Trinajstić information content (AvgIpc) is 2.67. The van der Waals surface area contributed by atoms with Gasteiger partial charge in [0.1, 0.15) is 5.82 Å². The first-order valence-corrected chi connectivity index (χ1v) is 6.61. The van der Waals surface area contributed by atoms with Crippen LogP contribution in [0.15, 0.2) is 18.3 Å². The molecule has 0 aliphatic carbocycles. The molecule has 1 amide bonds. The van der Waals surface area contributed by atoms with Crippen LogP contribution in [0.4, 0.5) is 5.82 Å². The highest BCUT2D eigenvalue weighted by Gasteiger charge is 2.17. The normalized spacial score (nSPS) is 16.2. The van der Waals surface area contributed by atoms with Crippen molar-refractivity contribution in [2.45, 2.75) is 25.7 Å². The van der Waals surface area contributed by atoms with Crippen LogP contribution >= 0.6 is 0 Å². The number of nitrogens with zero attached hydrogens (tertiary/aromatic N) is 3. The van der Waals surface area contributed by atoms with Gasteiger partial charge in [-0.25, -0.2) is 4.98 Å². The van der Waals surface area contributed by atoms with Crippen molar-refractivity contribution < 1.29 is 4.79 Å². The van der Waals surface area contributed by atoms with Crippen LogP contribution in [0.3, 0.4) is 0 Å². The summed E-state index contributed by atoms with van der Waals surface area (Å²) >= 11 is 0. The van der Waals surface area contributed by atoms with E-state index in [0.717, 1.165) is 31.7 Å². The molecule has 1 aliphatic heterocycles. The summed E-state index contributed by atoms with van der Waals surface area (Å²) in [5, 5.41) is 0. The Hall–Kier alpha value is -1.58. The topological polar surface area (TPSA) is 36.4 Å². The number of hydrogen-bond donors (Lipinski definition) is 0. The van der Waals surface area contributed by atoms with Gasteiger partial charge < -0.3 is 9.80 Å². The molecule has 2 heterocycles. The lowest BCUT2D eigenvalue weighted by Crippen LogP contribution is -2.31. The molecule has 1 aromatic heterocycles. The van der Waals surface area contributed by atoms with Gasteiger partial charge in [-0.15, -0.1) is 0 Å². The minimum Gasteiger partial charge on any atom is -0.363 e. The van der Waals surface area contributed by atoms with Crippen LogP contribution in [0, 0.1) is 0 Å². The van der Waals surface area contributed by atoms with E-state index in [0.29, 0.717) is 5.56 Å². The Morgan fingerprint density at radius 3 is 2.33 bits per heavy atom. The Morgan fingerprint density at radius 1 is 1.17 bits per heavy atom. The molecule has 98 valence electrons. The zero-order chi connectivity index (χ0) is 13.0. The summed E-state index contributed by atoms with van der Waals surface area (Å²) in [5.41, 5.74) is 0.697. The molecule has 4 heteroatoms. The predicted molar refractivity (Wildman–Crippen MR) is 72.9 cm³/mol. The second-order valence-electron chi connectivity index (χ2n) is 5.01. The second kappa shape index (κ2) is 5.85. The molecule has 0 saturated carbocycles. The van der Waals surface area contributed by atoms with E-state index in [9.17, 15) is 4.79 Å². The molecule has 0 unspecified atom stereocenters. The summed E-state index contributed by atoms with van der Waals surface area (Å²) in [7, 11) is 3.89. The Morgan fingerprint density at radius 2 is 1.83 bits per heavy atom. The van der Waals surface area contributed by atoms with E-state index in [1.165, 1.54) is 12.8 Å². The van der Waals surface area contributed by atoms with Crippen molar-refractivity contribution in [2.24, 2.45) is 0 Å². The first kappa shape index (κ1) is 12.9. The molecule has 1 aliphatic rings. The summed E-state index contributed by atoms with van der Waals surface area (Å²) in [6, 6.07) is 3.76. The van der Waals surface area contributed by atoms with Gasteiger partial charge in [-0.1, -0.05) is 12.8 Å². The molecule has 0 radical (unpaired) electrons. The number of aromatic nitrogens is 1. The van der Waals surface area contributed by atoms with Crippen LogP contribution in [-0.4, -0.2) is 43.0 Å². The number of rotatable bonds is 2. The van der Waals surface area contributed by atoms with Crippen molar-refractivity contribution in [1.82, 2.24) is 9.88 Å². The molecule has 1 saturated heterocycles. The van der Waals surface area contributed by atoms with E-state index in [4.69, 9.17) is 0 Å². The number of pyridine rings is 1. The van der Waals surface area contributed by atoms with E-state index >= 15 is 0 Å². The summed E-state index contributed by atoms with van der Waals surface area (Å²) < 4.78 is 0.